The van der Waals surface area contributed by atoms with Gasteiger partial charge in [0.25, 0.3) is 5.56 Å². The van der Waals surface area contributed by atoms with Gasteiger partial charge in [-0.3, -0.25) is 9.20 Å². The van der Waals surface area contributed by atoms with E-state index in [0.29, 0.717) is 11.0 Å². The van der Waals surface area contributed by atoms with E-state index in [9.17, 15) is 4.79 Å². The fourth-order valence-corrected chi connectivity index (χ4v) is 7.55. The lowest BCUT2D eigenvalue weighted by molar-refractivity contribution is 0.602. The lowest BCUT2D eigenvalue weighted by atomic mass is 9.72. The second-order valence-corrected chi connectivity index (χ2v) is 12.5. The summed E-state index contributed by atoms with van der Waals surface area (Å²) in [4.78, 5) is 20.1. The Labute approximate surface area is 266 Å². The number of allylic oxidation sites excluding steroid dienone is 4. The molecule has 1 atom stereocenters. The van der Waals surface area contributed by atoms with Crippen LogP contribution in [-0.2, 0) is 5.41 Å². The molecule has 6 aromatic carbocycles. The second kappa shape index (κ2) is 10.1. The van der Waals surface area contributed by atoms with Gasteiger partial charge in [0.05, 0.1) is 11.0 Å². The van der Waals surface area contributed by atoms with Gasteiger partial charge >= 0.3 is 0 Å². The van der Waals surface area contributed by atoms with Gasteiger partial charge in [-0.15, -0.1) is 0 Å². The van der Waals surface area contributed by atoms with E-state index in [0.717, 1.165) is 67.0 Å². The average Bonchev–Trinajstić information content (AvgIpc) is 3.51. The molecule has 46 heavy (non-hydrogen) atoms. The smallest absolute Gasteiger partial charge is 0.264 e. The van der Waals surface area contributed by atoms with Gasteiger partial charge in [-0.25, -0.2) is 4.98 Å². The van der Waals surface area contributed by atoms with E-state index in [2.05, 4.69) is 140 Å². The molecular formula is C43H30N2O. The number of hydrogen-bond donors (Lipinski definition) is 0. The molecule has 0 aliphatic heterocycles. The number of imidazole rings is 1. The van der Waals surface area contributed by atoms with Crippen LogP contribution in [0, 0.1) is 0 Å². The molecule has 8 aromatic rings. The van der Waals surface area contributed by atoms with Gasteiger partial charge in [0.1, 0.15) is 5.65 Å². The van der Waals surface area contributed by atoms with Crippen LogP contribution in [0.5, 0.6) is 0 Å². The molecule has 0 amide bonds. The lowest BCUT2D eigenvalue weighted by Gasteiger charge is -2.31. The van der Waals surface area contributed by atoms with Crippen molar-refractivity contribution >= 4 is 38.2 Å². The third-order valence-corrected chi connectivity index (χ3v) is 9.73. The highest BCUT2D eigenvalue weighted by atomic mass is 16.1. The third-order valence-electron chi connectivity index (χ3n) is 9.73. The highest BCUT2D eigenvalue weighted by molar-refractivity contribution is 6.20. The quantitative estimate of drug-likeness (QED) is 0.204. The van der Waals surface area contributed by atoms with Crippen molar-refractivity contribution in [2.75, 3.05) is 0 Å². The number of rotatable bonds is 4. The zero-order chi connectivity index (χ0) is 30.8. The standard InChI is InChI=1S/C43H30N2O/c1-43(25-12-5-13-26-43)35-27-36-40(38(30-19-10-4-11-20-30)37(35)29-17-8-3-9-18-29)45-41(44-36)33-22-14-21-32-31(28-15-6-2-7-16-28)23-24-34(39(32)33)42(45)46/h2-25,27H,26H2,1H3. The van der Waals surface area contributed by atoms with Gasteiger partial charge in [0.15, 0.2) is 0 Å². The van der Waals surface area contributed by atoms with Gasteiger partial charge in [0, 0.05) is 27.1 Å². The summed E-state index contributed by atoms with van der Waals surface area (Å²) in [5, 5.41) is 3.71. The van der Waals surface area contributed by atoms with Crippen molar-refractivity contribution in [3.8, 4) is 33.4 Å². The summed E-state index contributed by atoms with van der Waals surface area (Å²) in [7, 11) is 0. The second-order valence-electron chi connectivity index (χ2n) is 12.5. The van der Waals surface area contributed by atoms with Crippen molar-refractivity contribution in [3.05, 3.63) is 168 Å². The van der Waals surface area contributed by atoms with E-state index in [1.54, 1.807) is 0 Å². The maximum absolute atomic E-state index is 14.8. The van der Waals surface area contributed by atoms with Crippen molar-refractivity contribution in [3.63, 3.8) is 0 Å². The van der Waals surface area contributed by atoms with Crippen LogP contribution in [0.25, 0.3) is 71.6 Å². The molecule has 0 bridgehead atoms. The van der Waals surface area contributed by atoms with Crippen molar-refractivity contribution in [1.82, 2.24) is 9.38 Å². The Kier molecular flexibility index (Phi) is 5.85. The molecule has 1 unspecified atom stereocenters. The van der Waals surface area contributed by atoms with Crippen LogP contribution < -0.4 is 5.56 Å². The third kappa shape index (κ3) is 3.85. The fourth-order valence-electron chi connectivity index (χ4n) is 7.55. The first-order valence-electron chi connectivity index (χ1n) is 15.8. The SMILES string of the molecule is CC1(c2cc3nc4c5cccc6c(-c7ccccc7)ccc(c(=O)n4c3c(-c3ccccc3)c2-c2ccccc2)c65)C=CC=CC1. The molecule has 0 spiro atoms. The molecule has 218 valence electrons. The largest absolute Gasteiger partial charge is 0.268 e. The van der Waals surface area contributed by atoms with E-state index in [1.165, 1.54) is 5.56 Å². The van der Waals surface area contributed by atoms with Crippen LogP contribution in [0.1, 0.15) is 18.9 Å². The predicted octanol–water partition coefficient (Wildman–Crippen LogP) is 10.4. The van der Waals surface area contributed by atoms with Gasteiger partial charge in [-0.2, -0.15) is 0 Å². The zero-order valence-corrected chi connectivity index (χ0v) is 25.4. The van der Waals surface area contributed by atoms with Gasteiger partial charge in [-0.05, 0) is 57.3 Å². The Bertz CT molecular complexity index is 2560. The topological polar surface area (TPSA) is 34.4 Å². The maximum Gasteiger partial charge on any atom is 0.264 e. The number of hydrogen-bond acceptors (Lipinski definition) is 2. The molecule has 3 nitrogen and oxygen atoms in total. The first-order chi connectivity index (χ1) is 22.6. The number of aromatic nitrogens is 2. The molecule has 0 radical (unpaired) electrons. The number of benzene rings is 6. The van der Waals surface area contributed by atoms with E-state index >= 15 is 0 Å². The molecule has 0 saturated heterocycles. The van der Waals surface area contributed by atoms with E-state index in [-0.39, 0.29) is 11.0 Å². The molecule has 0 fully saturated rings. The number of fused-ring (bicyclic) bond motifs is 4. The first kappa shape index (κ1) is 26.6. The van der Waals surface area contributed by atoms with Gasteiger partial charge < -0.3 is 0 Å². The predicted molar refractivity (Wildman–Crippen MR) is 192 cm³/mol. The van der Waals surface area contributed by atoms with Crippen LogP contribution >= 0.6 is 0 Å². The molecule has 3 heteroatoms. The summed E-state index contributed by atoms with van der Waals surface area (Å²) in [5.74, 6) is 0. The summed E-state index contributed by atoms with van der Waals surface area (Å²) in [6, 6.07) is 44.1. The van der Waals surface area contributed by atoms with Crippen LogP contribution in [-0.4, -0.2) is 9.38 Å². The van der Waals surface area contributed by atoms with E-state index in [4.69, 9.17) is 4.98 Å². The molecular weight excluding hydrogens is 560 g/mol. The molecule has 0 N–H and O–H groups in total. The van der Waals surface area contributed by atoms with Gasteiger partial charge in [-0.1, -0.05) is 146 Å². The van der Waals surface area contributed by atoms with Crippen LogP contribution in [0.4, 0.5) is 0 Å². The molecule has 1 aliphatic carbocycles. The molecule has 2 aromatic heterocycles. The lowest BCUT2D eigenvalue weighted by Crippen LogP contribution is -2.21. The Morgan fingerprint density at radius 3 is 1.98 bits per heavy atom. The molecule has 2 heterocycles. The molecule has 0 saturated carbocycles. The van der Waals surface area contributed by atoms with Crippen molar-refractivity contribution in [2.45, 2.75) is 18.8 Å². The summed E-state index contributed by atoms with van der Waals surface area (Å²) in [6.07, 6.45) is 9.69. The normalized spacial score (nSPS) is 16.3. The van der Waals surface area contributed by atoms with Crippen LogP contribution in [0.2, 0.25) is 0 Å². The Hall–Kier alpha value is -5.80. The minimum atomic E-state index is -0.251. The summed E-state index contributed by atoms with van der Waals surface area (Å²) in [6.45, 7) is 2.30. The maximum atomic E-state index is 14.8. The van der Waals surface area contributed by atoms with Crippen molar-refractivity contribution in [2.24, 2.45) is 0 Å². The number of nitrogens with zero attached hydrogens (tertiary/aromatic N) is 2. The van der Waals surface area contributed by atoms with E-state index in [1.807, 2.05) is 22.6 Å². The van der Waals surface area contributed by atoms with Crippen molar-refractivity contribution in [1.29, 1.82) is 0 Å². The monoisotopic (exact) mass is 590 g/mol. The molecule has 9 rings (SSSR count). The Balaban J connectivity index is 1.49. The average molecular weight is 591 g/mol. The fraction of sp³-hybridized carbons (Fsp3) is 0.0698. The van der Waals surface area contributed by atoms with Crippen LogP contribution in [0.15, 0.2) is 156 Å². The van der Waals surface area contributed by atoms with Crippen molar-refractivity contribution < 1.29 is 0 Å². The number of pyridine rings is 1. The first-order valence-corrected chi connectivity index (χ1v) is 15.8. The summed E-state index contributed by atoms with van der Waals surface area (Å²) >= 11 is 0. The summed E-state index contributed by atoms with van der Waals surface area (Å²) in [5.41, 5.74) is 9.88. The van der Waals surface area contributed by atoms with E-state index < -0.39 is 0 Å². The highest BCUT2D eigenvalue weighted by Crippen LogP contribution is 2.47. The highest BCUT2D eigenvalue weighted by Gasteiger charge is 2.32. The summed E-state index contributed by atoms with van der Waals surface area (Å²) < 4.78 is 1.88. The van der Waals surface area contributed by atoms with Gasteiger partial charge in [0.2, 0.25) is 0 Å². The Morgan fingerprint density at radius 2 is 1.30 bits per heavy atom. The zero-order valence-electron chi connectivity index (χ0n) is 25.4. The minimum absolute atomic E-state index is 0.0449. The Morgan fingerprint density at radius 1 is 0.652 bits per heavy atom. The molecule has 1 aliphatic rings. The minimum Gasteiger partial charge on any atom is -0.268 e. The van der Waals surface area contributed by atoms with Crippen LogP contribution in [0.3, 0.4) is 0 Å².